The third kappa shape index (κ3) is 14.7. The van der Waals surface area contributed by atoms with Gasteiger partial charge in [0.05, 0.1) is 54.6 Å². The van der Waals surface area contributed by atoms with E-state index in [1.807, 2.05) is 19.1 Å². The molecule has 0 unspecified atom stereocenters. The molecule has 0 radical (unpaired) electrons. The second kappa shape index (κ2) is 24.3. The first kappa shape index (κ1) is 57.8. The molecule has 0 saturated heterocycles. The maximum absolute atomic E-state index is 13.1. The Balaban J connectivity index is 0.000000365. The smallest absolute Gasteiger partial charge is 0.269 e. The normalized spacial score (nSPS) is 12.2. The van der Waals surface area contributed by atoms with E-state index in [1.54, 1.807) is 49.4 Å². The van der Waals surface area contributed by atoms with Crippen LogP contribution < -0.4 is 21.5 Å². The lowest BCUT2D eigenvalue weighted by atomic mass is 10.1. The van der Waals surface area contributed by atoms with Crippen LogP contribution in [-0.2, 0) is 13.6 Å². The number of nitrogens with one attached hydrogen (secondary N) is 4. The molecule has 4 aromatic carbocycles. The van der Waals surface area contributed by atoms with Gasteiger partial charge in [0.1, 0.15) is 12.1 Å². The summed E-state index contributed by atoms with van der Waals surface area (Å²) in [4.78, 5) is 35.8. The topological polar surface area (TPSA) is 177 Å². The number of rotatable bonds is 14. The van der Waals surface area contributed by atoms with Crippen LogP contribution in [0.5, 0.6) is 0 Å². The minimum Gasteiger partial charge on any atom is -0.418 e. The molecule has 0 bridgehead atoms. The Morgan fingerprint density at radius 2 is 1.23 bits per heavy atom. The number of aromatic nitrogens is 2. The molecule has 1 aromatic heterocycles. The Bertz CT molecular complexity index is 2810. The monoisotopic (exact) mass is 1020 g/mol. The summed E-state index contributed by atoms with van der Waals surface area (Å²) in [5.74, 6) is -0.278. The molecule has 1 heterocycles. The number of amides is 2. The number of nitriles is 1. The molecule has 4 N–H and O–H groups in total. The SMILES string of the molecule is C.[C-]#[N+]c1ccc(-c2nnc([C@@H](CO[Si](C)(C)C(C)(C)C)Nc3ccc([N+]#[C-])c(Cl)c3C)o2)cc1.[C-]#[N+]c1ccc(N[C@H](CO[Si](C)(C)C(C)(C)C)C(=O)NNC(=O)c2ccc(C#N)cc2)c(C)c1Cl. The summed E-state index contributed by atoms with van der Waals surface area (Å²) >= 11 is 12.7. The second-order valence-electron chi connectivity index (χ2n) is 19.1. The number of halogens is 2. The highest BCUT2D eigenvalue weighted by Gasteiger charge is 2.39. The van der Waals surface area contributed by atoms with Crippen molar-refractivity contribution >= 4 is 80.1 Å². The molecule has 5 aromatic rings. The van der Waals surface area contributed by atoms with Crippen LogP contribution in [0.15, 0.2) is 77.2 Å². The third-order valence-corrected chi connectivity index (χ3v) is 22.3. The fraction of sp³-hybridized carbons (Fsp3) is 0.373. The largest absolute Gasteiger partial charge is 0.418 e. The van der Waals surface area contributed by atoms with Crippen molar-refractivity contribution in [1.82, 2.24) is 21.0 Å². The lowest BCUT2D eigenvalue weighted by molar-refractivity contribution is -0.123. The Hall–Kier alpha value is -6.55. The summed E-state index contributed by atoms with van der Waals surface area (Å²) in [6, 6.07) is 20.5. The van der Waals surface area contributed by atoms with Gasteiger partial charge in [-0.25, -0.2) is 14.5 Å². The maximum atomic E-state index is 13.1. The van der Waals surface area contributed by atoms with E-state index in [0.29, 0.717) is 67.9 Å². The van der Waals surface area contributed by atoms with Gasteiger partial charge in [-0.2, -0.15) is 5.26 Å². The number of carbonyl (C=O) groups is 2. The van der Waals surface area contributed by atoms with Crippen molar-refractivity contribution < 1.29 is 22.9 Å². The quantitative estimate of drug-likeness (QED) is 0.0476. The molecule has 0 aliphatic carbocycles. The van der Waals surface area contributed by atoms with Crippen LogP contribution in [0, 0.1) is 44.9 Å². The Kier molecular flexibility index (Phi) is 20.1. The van der Waals surface area contributed by atoms with E-state index >= 15 is 0 Å². The minimum atomic E-state index is -2.18. The van der Waals surface area contributed by atoms with Crippen LogP contribution in [0.25, 0.3) is 26.0 Å². The third-order valence-electron chi connectivity index (χ3n) is 12.3. The molecule has 0 fully saturated rings. The van der Waals surface area contributed by atoms with Crippen LogP contribution in [-0.4, -0.2) is 57.9 Å². The lowest BCUT2D eigenvalue weighted by Gasteiger charge is -2.37. The van der Waals surface area contributed by atoms with E-state index in [-0.39, 0.29) is 24.1 Å². The zero-order chi connectivity index (χ0) is 51.5. The maximum Gasteiger partial charge on any atom is 0.269 e. The summed E-state index contributed by atoms with van der Waals surface area (Å²) in [6.45, 7) is 47.1. The fourth-order valence-corrected chi connectivity index (χ4v) is 8.17. The highest BCUT2D eigenvalue weighted by molar-refractivity contribution is 6.74. The number of hydrazine groups is 1. The van der Waals surface area contributed by atoms with Crippen molar-refractivity contribution in [3.05, 3.63) is 145 Å². The van der Waals surface area contributed by atoms with E-state index in [4.69, 9.17) is 61.4 Å². The minimum absolute atomic E-state index is 0. The van der Waals surface area contributed by atoms with Gasteiger partial charge in [0.15, 0.2) is 22.3 Å². The van der Waals surface area contributed by atoms with Gasteiger partial charge in [0.25, 0.3) is 11.8 Å². The molecule has 0 aliphatic rings. The molecule has 0 saturated carbocycles. The van der Waals surface area contributed by atoms with Crippen LogP contribution in [0.1, 0.15) is 87.9 Å². The van der Waals surface area contributed by atoms with Crippen LogP contribution >= 0.6 is 23.2 Å². The van der Waals surface area contributed by atoms with Gasteiger partial charge in [-0.05, 0) is 97.6 Å². The van der Waals surface area contributed by atoms with Gasteiger partial charge in [0, 0.05) is 22.5 Å². The van der Waals surface area contributed by atoms with Crippen LogP contribution in [0.3, 0.4) is 0 Å². The first-order valence-electron chi connectivity index (χ1n) is 21.8. The van der Waals surface area contributed by atoms with Gasteiger partial charge < -0.3 is 23.9 Å². The highest BCUT2D eigenvalue weighted by atomic mass is 35.5. The molecule has 15 nitrogen and oxygen atoms in total. The van der Waals surface area contributed by atoms with Gasteiger partial charge in [-0.1, -0.05) is 109 Å². The average Bonchev–Trinajstić information content (AvgIpc) is 3.81. The van der Waals surface area contributed by atoms with E-state index in [2.05, 4.69) is 114 Å². The van der Waals surface area contributed by atoms with Gasteiger partial charge in [0.2, 0.25) is 23.2 Å². The number of benzene rings is 4. The zero-order valence-electron chi connectivity index (χ0n) is 41.0. The number of anilines is 2. The van der Waals surface area contributed by atoms with E-state index in [9.17, 15) is 9.59 Å². The van der Waals surface area contributed by atoms with Crippen molar-refractivity contribution in [3.8, 4) is 17.5 Å². The fourth-order valence-electron chi connectivity index (χ4n) is 5.72. The van der Waals surface area contributed by atoms with Gasteiger partial charge >= 0.3 is 0 Å². The molecule has 2 amide bonds. The first-order valence-corrected chi connectivity index (χ1v) is 28.4. The molecule has 0 spiro atoms. The van der Waals surface area contributed by atoms with E-state index in [0.717, 1.165) is 16.8 Å². The summed E-state index contributed by atoms with van der Waals surface area (Å²) < 4.78 is 18.8. The number of hydrogen-bond donors (Lipinski definition) is 4. The molecule has 368 valence electrons. The molecule has 0 aliphatic heterocycles. The zero-order valence-corrected chi connectivity index (χ0v) is 44.5. The van der Waals surface area contributed by atoms with Crippen molar-refractivity contribution in [2.45, 2.75) is 111 Å². The molecule has 5 rings (SSSR count). The van der Waals surface area contributed by atoms with E-state index < -0.39 is 40.5 Å². The predicted octanol–water partition coefficient (Wildman–Crippen LogP) is 13.9. The molecular formula is C51H62Cl2N10O5Si2. The molecule has 19 heteroatoms. The molecule has 2 atom stereocenters. The number of carbonyl (C=O) groups excluding carboxylic acids is 2. The highest BCUT2D eigenvalue weighted by Crippen LogP contribution is 2.40. The number of hydrogen-bond acceptors (Lipinski definition) is 10. The Morgan fingerprint density at radius 1 is 0.729 bits per heavy atom. The predicted molar refractivity (Wildman–Crippen MR) is 284 cm³/mol. The average molecular weight is 1020 g/mol. The summed E-state index contributed by atoms with van der Waals surface area (Å²) in [5, 5.41) is 24.7. The standard InChI is InChI=1S/C25H30ClN5O3Si.C25H28ClN5O2Si.CH4/c1-16-19(12-13-20(28-5)22(16)26)29-21(15-34-35(6,7)25(2,3)4)24(33)31-30-23(32)18-10-8-17(14-27)9-11-18;1-16-19(13-14-20(28-6)22(16)26)29-21(15-32-34(7,8)25(2,3)4)24-31-30-23(33-24)17-9-11-18(27-5)12-10-17;/h8-13,21,29H,15H2,1-4,6-7H3,(H,30,32)(H,31,33);9-14,21,29H,15H2,1-4,7-8H3;1H4/t2*21-;/m11./s1. The summed E-state index contributed by atoms with van der Waals surface area (Å²) in [5.41, 5.74) is 10.3. The van der Waals surface area contributed by atoms with Crippen LogP contribution in [0.4, 0.5) is 28.4 Å². The van der Waals surface area contributed by atoms with Crippen molar-refractivity contribution in [2.24, 2.45) is 0 Å². The van der Waals surface area contributed by atoms with Gasteiger partial charge in [-0.3, -0.25) is 20.4 Å². The van der Waals surface area contributed by atoms with Gasteiger partial charge in [-0.15, -0.1) is 10.2 Å². The summed E-state index contributed by atoms with van der Waals surface area (Å²) in [6.07, 6.45) is 0. The van der Waals surface area contributed by atoms with Crippen molar-refractivity contribution in [1.29, 1.82) is 5.26 Å². The number of nitrogens with zero attached hydrogens (tertiary/aromatic N) is 6. The first-order chi connectivity index (χ1) is 32.3. The molecular weight excluding hydrogens is 960 g/mol. The van der Waals surface area contributed by atoms with E-state index in [1.165, 1.54) is 24.3 Å². The summed E-state index contributed by atoms with van der Waals surface area (Å²) in [7, 11) is -4.22. The Morgan fingerprint density at radius 3 is 1.70 bits per heavy atom. The van der Waals surface area contributed by atoms with Crippen molar-refractivity contribution in [2.75, 3.05) is 23.8 Å². The Labute approximate surface area is 425 Å². The molecule has 70 heavy (non-hydrogen) atoms. The lowest BCUT2D eigenvalue weighted by Crippen LogP contribution is -2.52. The second-order valence-corrected chi connectivity index (χ2v) is 29.5. The van der Waals surface area contributed by atoms with Crippen LogP contribution in [0.2, 0.25) is 46.3 Å². The van der Waals surface area contributed by atoms with Crippen molar-refractivity contribution in [3.63, 3.8) is 0 Å².